The molecule has 0 radical (unpaired) electrons. The van der Waals surface area contributed by atoms with Crippen LogP contribution >= 0.6 is 23.2 Å². The average molecular weight is 343 g/mol. The van der Waals surface area contributed by atoms with E-state index in [0.29, 0.717) is 0 Å². The van der Waals surface area contributed by atoms with Gasteiger partial charge >= 0.3 is 0 Å². The summed E-state index contributed by atoms with van der Waals surface area (Å²) in [6.45, 7) is 0. The molecule has 5 nitrogen and oxygen atoms in total. The number of hydrogen-bond acceptors (Lipinski definition) is 4. The van der Waals surface area contributed by atoms with Crippen LogP contribution in [0.2, 0.25) is 10.0 Å². The molecule has 0 atom stereocenters. The number of halogens is 2. The van der Waals surface area contributed by atoms with Crippen LogP contribution in [0.3, 0.4) is 0 Å². The molecule has 2 rings (SSSR count). The second-order valence-electron chi connectivity index (χ2n) is 4.02. The van der Waals surface area contributed by atoms with Crippen LogP contribution in [-0.2, 0) is 10.0 Å². The van der Waals surface area contributed by atoms with Gasteiger partial charge in [0.2, 0.25) is 0 Å². The molecule has 2 aromatic carbocycles. The third kappa shape index (κ3) is 3.39. The molecule has 21 heavy (non-hydrogen) atoms. The van der Waals surface area contributed by atoms with Gasteiger partial charge in [0.1, 0.15) is 10.6 Å². The molecule has 2 aromatic rings. The van der Waals surface area contributed by atoms with Gasteiger partial charge in [-0.1, -0.05) is 23.2 Å². The topological polar surface area (TPSA) is 90.2 Å². The van der Waals surface area contributed by atoms with Crippen molar-refractivity contribution in [3.05, 3.63) is 52.0 Å². The number of nitrogens with one attached hydrogen (secondary N) is 1. The molecule has 0 aromatic heterocycles. The molecule has 0 fully saturated rings. The Morgan fingerprint density at radius 1 is 1.14 bits per heavy atom. The van der Waals surface area contributed by atoms with Gasteiger partial charge in [-0.3, -0.25) is 4.72 Å². The fraction of sp³-hybridized carbons (Fsp3) is 0. The number of sulfonamides is 1. The highest BCUT2D eigenvalue weighted by Crippen LogP contribution is 2.30. The quantitative estimate of drug-likeness (QED) is 0.836. The first-order valence-electron chi connectivity index (χ1n) is 5.54. The summed E-state index contributed by atoms with van der Waals surface area (Å²) in [5.41, 5.74) is 0.109. The summed E-state index contributed by atoms with van der Waals surface area (Å²) < 4.78 is 26.7. The maximum absolute atomic E-state index is 12.3. The predicted octanol–water partition coefficient (Wildman–Crippen LogP) is 3.37. The summed E-state index contributed by atoms with van der Waals surface area (Å²) in [6.07, 6.45) is 0. The molecule has 0 spiro atoms. The fourth-order valence-electron chi connectivity index (χ4n) is 1.57. The van der Waals surface area contributed by atoms with Crippen molar-refractivity contribution in [3.8, 4) is 11.8 Å². The van der Waals surface area contributed by atoms with Crippen LogP contribution in [0.1, 0.15) is 5.56 Å². The van der Waals surface area contributed by atoms with Crippen LogP contribution in [0.4, 0.5) is 5.69 Å². The maximum Gasteiger partial charge on any atom is 0.263 e. The van der Waals surface area contributed by atoms with Crippen molar-refractivity contribution in [2.45, 2.75) is 4.90 Å². The Balaban J connectivity index is 2.46. The van der Waals surface area contributed by atoms with Crippen LogP contribution in [0, 0.1) is 11.3 Å². The number of phenolic OH excluding ortho intramolecular Hbond substituents is 1. The largest absolute Gasteiger partial charge is 0.506 e. The molecule has 0 saturated heterocycles. The highest BCUT2D eigenvalue weighted by molar-refractivity contribution is 7.92. The summed E-state index contributed by atoms with van der Waals surface area (Å²) in [6, 6.07) is 9.64. The zero-order valence-electron chi connectivity index (χ0n) is 10.3. The maximum atomic E-state index is 12.3. The van der Waals surface area contributed by atoms with Crippen LogP contribution < -0.4 is 4.72 Å². The SMILES string of the molecule is N#Cc1ccc(Cl)c(S(=O)(=O)Nc2ccc(Cl)cc2O)c1. The Morgan fingerprint density at radius 3 is 2.48 bits per heavy atom. The standard InChI is InChI=1S/C13H8Cl2N2O3S/c14-9-2-4-11(12(18)6-9)17-21(19,20)13-5-8(7-16)1-3-10(13)15/h1-6,17-18H. The second-order valence-corrected chi connectivity index (χ2v) is 6.52. The van der Waals surface area contributed by atoms with E-state index in [1.54, 1.807) is 0 Å². The van der Waals surface area contributed by atoms with E-state index in [-0.39, 0.29) is 31.9 Å². The number of nitriles is 1. The predicted molar refractivity (Wildman–Crippen MR) is 80.1 cm³/mol. The third-order valence-electron chi connectivity index (χ3n) is 2.55. The zero-order valence-corrected chi connectivity index (χ0v) is 12.7. The first kappa shape index (κ1) is 15.4. The number of nitrogens with zero attached hydrogens (tertiary/aromatic N) is 1. The zero-order chi connectivity index (χ0) is 15.6. The Morgan fingerprint density at radius 2 is 1.86 bits per heavy atom. The van der Waals surface area contributed by atoms with Crippen LogP contribution in [0.25, 0.3) is 0 Å². The molecular weight excluding hydrogens is 335 g/mol. The van der Waals surface area contributed by atoms with Gasteiger partial charge in [0.05, 0.1) is 22.3 Å². The Hall–Kier alpha value is -1.94. The van der Waals surface area contributed by atoms with Crippen LogP contribution in [0.5, 0.6) is 5.75 Å². The van der Waals surface area contributed by atoms with Crippen molar-refractivity contribution in [2.75, 3.05) is 4.72 Å². The van der Waals surface area contributed by atoms with E-state index in [4.69, 9.17) is 28.5 Å². The number of benzene rings is 2. The Labute approximate surface area is 131 Å². The van der Waals surface area contributed by atoms with E-state index in [0.717, 1.165) is 6.07 Å². The molecule has 0 saturated carbocycles. The van der Waals surface area contributed by atoms with Crippen LogP contribution in [0.15, 0.2) is 41.3 Å². The van der Waals surface area contributed by atoms with Crippen molar-refractivity contribution in [2.24, 2.45) is 0 Å². The van der Waals surface area contributed by atoms with E-state index in [9.17, 15) is 13.5 Å². The fourth-order valence-corrected chi connectivity index (χ4v) is 3.34. The highest BCUT2D eigenvalue weighted by atomic mass is 35.5. The first-order chi connectivity index (χ1) is 9.83. The molecule has 108 valence electrons. The number of hydrogen-bond donors (Lipinski definition) is 2. The van der Waals surface area contributed by atoms with Gasteiger partial charge in [-0.2, -0.15) is 5.26 Å². The highest BCUT2D eigenvalue weighted by Gasteiger charge is 2.20. The Kier molecular flexibility index (Phi) is 4.28. The van der Waals surface area contributed by atoms with Crippen molar-refractivity contribution in [1.82, 2.24) is 0 Å². The summed E-state index contributed by atoms with van der Waals surface area (Å²) in [5, 5.41) is 18.7. The number of rotatable bonds is 3. The minimum absolute atomic E-state index is 0.0325. The Bertz CT molecular complexity index is 845. The van der Waals surface area contributed by atoms with Crippen LogP contribution in [-0.4, -0.2) is 13.5 Å². The van der Waals surface area contributed by atoms with Gasteiger partial charge in [-0.05, 0) is 30.3 Å². The van der Waals surface area contributed by atoms with Gasteiger partial charge in [0.15, 0.2) is 0 Å². The van der Waals surface area contributed by atoms with E-state index in [1.165, 1.54) is 30.3 Å². The van der Waals surface area contributed by atoms with E-state index in [2.05, 4.69) is 4.72 Å². The molecule has 0 aliphatic rings. The molecule has 0 bridgehead atoms. The van der Waals surface area contributed by atoms with Gasteiger partial charge < -0.3 is 5.11 Å². The third-order valence-corrected chi connectivity index (χ3v) is 4.64. The van der Waals surface area contributed by atoms with E-state index < -0.39 is 10.0 Å². The number of aromatic hydroxyl groups is 1. The minimum Gasteiger partial charge on any atom is -0.506 e. The average Bonchev–Trinajstić information content (AvgIpc) is 2.42. The molecule has 2 N–H and O–H groups in total. The summed E-state index contributed by atoms with van der Waals surface area (Å²) in [5.74, 6) is -0.321. The lowest BCUT2D eigenvalue weighted by Crippen LogP contribution is -2.13. The van der Waals surface area contributed by atoms with Crippen molar-refractivity contribution in [3.63, 3.8) is 0 Å². The lowest BCUT2D eigenvalue weighted by Gasteiger charge is -2.11. The molecule has 0 aliphatic heterocycles. The van der Waals surface area contributed by atoms with Gasteiger partial charge in [-0.15, -0.1) is 0 Å². The molecule has 0 amide bonds. The summed E-state index contributed by atoms with van der Waals surface area (Å²) in [7, 11) is -4.05. The van der Waals surface area contributed by atoms with E-state index >= 15 is 0 Å². The summed E-state index contributed by atoms with van der Waals surface area (Å²) in [4.78, 5) is -0.252. The molecule has 0 heterocycles. The lowest BCUT2D eigenvalue weighted by molar-refractivity contribution is 0.477. The number of anilines is 1. The molecule has 8 heteroatoms. The summed E-state index contributed by atoms with van der Waals surface area (Å²) >= 11 is 11.5. The molecule has 0 aliphatic carbocycles. The molecule has 0 unspecified atom stereocenters. The van der Waals surface area contributed by atoms with Gasteiger partial charge in [0.25, 0.3) is 10.0 Å². The van der Waals surface area contributed by atoms with E-state index in [1.807, 2.05) is 6.07 Å². The van der Waals surface area contributed by atoms with Crippen molar-refractivity contribution in [1.29, 1.82) is 5.26 Å². The first-order valence-corrected chi connectivity index (χ1v) is 7.78. The minimum atomic E-state index is -4.05. The monoisotopic (exact) mass is 342 g/mol. The smallest absolute Gasteiger partial charge is 0.263 e. The van der Waals surface area contributed by atoms with Gasteiger partial charge in [0, 0.05) is 11.1 Å². The van der Waals surface area contributed by atoms with Crippen molar-refractivity contribution < 1.29 is 13.5 Å². The number of phenols is 1. The molecular formula is C13H8Cl2N2O3S. The van der Waals surface area contributed by atoms with Gasteiger partial charge in [-0.25, -0.2) is 8.42 Å². The lowest BCUT2D eigenvalue weighted by atomic mass is 10.2. The second kappa shape index (κ2) is 5.82. The normalized spacial score (nSPS) is 10.9. The van der Waals surface area contributed by atoms with Crippen molar-refractivity contribution >= 4 is 38.9 Å².